The number of carbonyl (C=O) groups is 17. The third-order valence-electron chi connectivity index (χ3n) is 24.4. The van der Waals surface area contributed by atoms with Gasteiger partial charge in [0.1, 0.15) is 78.3 Å². The van der Waals surface area contributed by atoms with Crippen molar-refractivity contribution in [2.24, 2.45) is 23.1 Å². The Bertz CT molecular complexity index is 5210. The van der Waals surface area contributed by atoms with Crippen LogP contribution in [0.4, 0.5) is 0 Å². The van der Waals surface area contributed by atoms with Crippen molar-refractivity contribution in [1.82, 2.24) is 97.6 Å². The van der Waals surface area contributed by atoms with Crippen molar-refractivity contribution < 1.29 is 102 Å². The molecule has 15 atom stereocenters. The average Bonchev–Trinajstić information content (AvgIpc) is 1.67. The summed E-state index contributed by atoms with van der Waals surface area (Å²) < 4.78 is 0. The fraction of sp³-hybridized carbons (Fsp3) is 0.522. The number of aromatic nitrogens is 4. The second kappa shape index (κ2) is 50.5. The molecule has 16 amide bonds. The molecule has 135 heavy (non-hydrogen) atoms. The normalized spacial score (nSPS) is 24.8. The monoisotopic (exact) mass is 1900 g/mol. The number of benzene rings is 3. The number of aliphatic hydroxyl groups is 3. The Morgan fingerprint density at radius 2 is 1.12 bits per heavy atom. The number of likely N-dealkylation sites (N-methyl/N-ethyl adjacent to an activating group) is 3. The van der Waals surface area contributed by atoms with Gasteiger partial charge < -0.3 is 130 Å². The van der Waals surface area contributed by atoms with E-state index in [1.165, 1.54) is 64.9 Å². The van der Waals surface area contributed by atoms with Gasteiger partial charge in [0, 0.05) is 137 Å². The van der Waals surface area contributed by atoms with E-state index in [-0.39, 0.29) is 88.7 Å². The van der Waals surface area contributed by atoms with Gasteiger partial charge in [0.15, 0.2) is 11.7 Å². The van der Waals surface area contributed by atoms with E-state index in [1.807, 2.05) is 13.8 Å². The molecule has 3 aromatic heterocycles. The maximum atomic E-state index is 15.8. The Morgan fingerprint density at radius 3 is 1.74 bits per heavy atom. The van der Waals surface area contributed by atoms with Crippen LogP contribution in [0.25, 0.3) is 21.8 Å². The van der Waals surface area contributed by atoms with Crippen molar-refractivity contribution >= 4 is 140 Å². The van der Waals surface area contributed by atoms with Crippen LogP contribution in [0.3, 0.4) is 0 Å². The van der Waals surface area contributed by atoms with Crippen molar-refractivity contribution in [1.29, 1.82) is 5.41 Å². The minimum Gasteiger partial charge on any atom is -0.508 e. The number of aromatic hydroxyl groups is 1. The number of nitrogens with one attached hydrogen (secondary N) is 14. The number of para-hydroxylation sites is 2. The Kier molecular flexibility index (Phi) is 39.3. The van der Waals surface area contributed by atoms with Gasteiger partial charge >= 0.3 is 0 Å². The fourth-order valence-electron chi connectivity index (χ4n) is 16.7. The lowest BCUT2D eigenvalue weighted by Gasteiger charge is -2.36. The molecule has 0 radical (unpaired) electrons. The number of thioether (sulfide) groups is 1. The van der Waals surface area contributed by atoms with Crippen LogP contribution in [0.1, 0.15) is 133 Å². The summed E-state index contributed by atoms with van der Waals surface area (Å²) in [4.78, 5) is 268. The smallest absolute Gasteiger partial charge is 0.248 e. The highest BCUT2D eigenvalue weighted by atomic mass is 32.2. The van der Waals surface area contributed by atoms with E-state index in [0.717, 1.165) is 36.3 Å². The number of H-pyrrole nitrogens is 3. The van der Waals surface area contributed by atoms with Gasteiger partial charge in [-0.3, -0.25) is 86.9 Å². The number of carbonyl (C=O) groups excluding carboxylic acids is 17. The lowest BCUT2D eigenvalue weighted by Crippen LogP contribution is -2.61. The zero-order valence-corrected chi connectivity index (χ0v) is 77.2. The summed E-state index contributed by atoms with van der Waals surface area (Å²) in [5.74, 6) is -19.0. The minimum absolute atomic E-state index is 0.0152. The summed E-state index contributed by atoms with van der Waals surface area (Å²) in [5.41, 5.74) is 19.7. The van der Waals surface area contributed by atoms with Gasteiger partial charge in [-0.2, -0.15) is 0 Å². The third-order valence-corrected chi connectivity index (χ3v) is 25.4. The van der Waals surface area contributed by atoms with Crippen LogP contribution in [0.5, 0.6) is 5.75 Å². The first-order valence-corrected chi connectivity index (χ1v) is 46.2. The lowest BCUT2D eigenvalue weighted by atomic mass is 9.90. The van der Waals surface area contributed by atoms with Crippen molar-refractivity contribution in [2.75, 3.05) is 72.0 Å². The molecule has 45 heteroatoms. The number of fused-ring (bicyclic) bond motifs is 4. The first-order chi connectivity index (χ1) is 64.4. The molecule has 3 aliphatic heterocycles. The molecule has 0 saturated carbocycles. The third kappa shape index (κ3) is 29.2. The molecule has 732 valence electrons. The highest BCUT2D eigenvalue weighted by molar-refractivity contribution is 8.00. The quantitative estimate of drug-likeness (QED) is 0.0142. The number of hydrogen-bond acceptors (Lipinski definition) is 24. The molecule has 6 heterocycles. The number of phenols is 1. The van der Waals surface area contributed by atoms with Crippen LogP contribution in [0, 0.1) is 11.3 Å². The second-order valence-corrected chi connectivity index (χ2v) is 35.2. The van der Waals surface area contributed by atoms with Crippen molar-refractivity contribution in [3.63, 3.8) is 0 Å². The number of Topliss-reactive ketones (excluding diaryl/α,β-unsaturated/α-hetero) is 1. The molecule has 3 aliphatic rings. The number of amides is 16. The molecule has 0 bridgehead atoms. The van der Waals surface area contributed by atoms with Gasteiger partial charge in [0.25, 0.3) is 0 Å². The summed E-state index contributed by atoms with van der Waals surface area (Å²) in [6, 6.07) is -0.916. The molecule has 6 aromatic rings. The van der Waals surface area contributed by atoms with E-state index >= 15 is 38.4 Å². The van der Waals surface area contributed by atoms with Crippen molar-refractivity contribution in [3.05, 3.63) is 120 Å². The van der Waals surface area contributed by atoms with Crippen LogP contribution in [-0.2, 0) is 107 Å². The van der Waals surface area contributed by atoms with Crippen LogP contribution in [0.2, 0.25) is 0 Å². The van der Waals surface area contributed by atoms with Gasteiger partial charge in [0.2, 0.25) is 94.5 Å². The summed E-state index contributed by atoms with van der Waals surface area (Å²) in [6.45, 7) is 1.39. The van der Waals surface area contributed by atoms with Crippen LogP contribution in [-0.4, -0.2) is 328 Å². The first kappa shape index (κ1) is 105. The van der Waals surface area contributed by atoms with E-state index in [4.69, 9.17) is 22.6 Å². The van der Waals surface area contributed by atoms with Gasteiger partial charge in [0.05, 0.1) is 44.0 Å². The summed E-state index contributed by atoms with van der Waals surface area (Å²) in [5, 5.41) is 78.9. The second-order valence-electron chi connectivity index (χ2n) is 34.2. The Morgan fingerprint density at radius 1 is 0.548 bits per heavy atom. The van der Waals surface area contributed by atoms with E-state index in [1.54, 1.807) is 60.9 Å². The standard InChI is InChI=1S/C90H125N23O21S/c1-7-9-22-69-83(128)102-61(21-15-31-96-90(93)94)80(125)108-68(79(124)99-42-75(92)120)46-135-47-76(121)101-64(33-50-25-27-55(116)28-26-50)85(130)109(4)49(3)77(122)107-67(45-115)88(133)112-32-16-24-70(112)84(129)104-63(37-54-41-95-48-100-54)81(126)103-62(29-30-74(91)119)87(132)113-43-56(117)38-72(113)73(118)36-51(34-52-39-97-59-19-13-11-17-57(52)59)78(123)106-66(44-114)82(127)105-65(35-53-40-98-60-20-14-12-18-58(53)60)86(131)111(6)71(23-10-8-2)89(134)110(69)5/h11-14,17-20,25-28,39-41,48-49,51,56,61-72,97-98,114-117H,7-10,15-16,21-24,29-38,42-47H2,1-6H3,(H2,91,119)(H2,92,120)(H,95,100)(H,99,124)(H,101,121)(H,102,128)(H,103,126)(H,104,129)(H,105,127)(H,106,123)(H,107,122)(H,108,125)(H4,93,94,96)/t49-,51+,56+,61-,62-,63-,64-,65-,66-,67-,68-,69-,70-,71-,72-/m0/s1. The molecule has 24 N–H and O–H groups in total. The number of primary amides is 2. The Hall–Kier alpha value is -13.6. The molecule has 0 unspecified atom stereocenters. The topological polar surface area (TPSA) is 670 Å². The maximum Gasteiger partial charge on any atom is 0.248 e. The largest absolute Gasteiger partial charge is 0.508 e. The zero-order valence-electron chi connectivity index (χ0n) is 76.3. The van der Waals surface area contributed by atoms with Crippen molar-refractivity contribution in [2.45, 2.75) is 221 Å². The fourth-order valence-corrected chi connectivity index (χ4v) is 17.6. The lowest BCUT2D eigenvalue weighted by molar-refractivity contribution is -0.149. The molecule has 0 aliphatic carbocycles. The number of nitrogens with two attached hydrogens (primary N) is 3. The minimum atomic E-state index is -1.89. The number of phenolic OH excluding ortho intramolecular Hbond substituents is 1. The number of ketones is 1. The number of guanidine groups is 1. The molecule has 9 rings (SSSR count). The van der Waals surface area contributed by atoms with Gasteiger partial charge in [-0.05, 0) is 99.2 Å². The number of imidazole rings is 1. The number of aliphatic hydroxyl groups excluding tert-OH is 3. The Balaban J connectivity index is 1.10. The zero-order chi connectivity index (χ0) is 98.4. The van der Waals surface area contributed by atoms with Gasteiger partial charge in [-0.15, -0.1) is 11.8 Å². The highest BCUT2D eigenvalue weighted by Crippen LogP contribution is 2.30. The van der Waals surface area contributed by atoms with Crippen LogP contribution >= 0.6 is 11.8 Å². The van der Waals surface area contributed by atoms with Gasteiger partial charge in [-0.25, -0.2) is 4.98 Å². The van der Waals surface area contributed by atoms with Crippen LogP contribution < -0.4 is 70.4 Å². The molecule has 44 nitrogen and oxygen atoms in total. The van der Waals surface area contributed by atoms with E-state index < -0.39 is 260 Å². The Labute approximate surface area is 783 Å². The number of aromatic amines is 3. The predicted molar refractivity (Wildman–Crippen MR) is 493 cm³/mol. The van der Waals surface area contributed by atoms with E-state index in [0.29, 0.717) is 64.2 Å². The first-order valence-electron chi connectivity index (χ1n) is 45.0. The highest BCUT2D eigenvalue weighted by Gasteiger charge is 2.47. The SMILES string of the molecule is CCCC[C@H]1C(=O)N(C)[C@@H](CCCC)C(=O)N[C@@H](CCCNC(=N)N)C(=O)N[C@H](C(=O)NCC(N)=O)CSCC(=O)N[C@@H](Cc2ccc(O)cc2)C(=O)N(C)[C@@H](C)C(=O)N[C@@H](CO)C(=O)N2CCC[C@H]2C(=O)N[C@@H](Cc2cnc[nH]2)C(=O)N[C@@H](CCC(N)=O)C(=O)N2C[C@H](O)C[C@H]2C(=O)C[C@@H](Cc2c[nH]c3ccccc23)C(=O)N[C@@H](CO)C(=O)N[C@@H](Cc2c[nH]c3ccccc23)C(=O)N1C. The summed E-state index contributed by atoms with van der Waals surface area (Å²) in [6.07, 6.45) is 2.66. The van der Waals surface area contributed by atoms with Crippen LogP contribution in [0.15, 0.2) is 97.7 Å². The van der Waals surface area contributed by atoms with E-state index in [9.17, 15) is 63.6 Å². The van der Waals surface area contributed by atoms with Gasteiger partial charge in [-0.1, -0.05) is 88.1 Å². The molecular formula is C90H125N23O21S. The molecule has 3 fully saturated rings. The van der Waals surface area contributed by atoms with E-state index in [2.05, 4.69) is 73.1 Å². The number of hydrogen-bond donors (Lipinski definition) is 21. The average molecular weight is 1900 g/mol. The predicted octanol–water partition coefficient (Wildman–Crippen LogP) is -3.50. The maximum absolute atomic E-state index is 15.8. The van der Waals surface area contributed by atoms with Crippen molar-refractivity contribution in [3.8, 4) is 5.75 Å². The number of nitrogens with zero attached hydrogens (tertiary/aromatic N) is 6. The molecule has 3 saturated heterocycles. The molecular weight excluding hydrogens is 1770 g/mol. The molecule has 0 spiro atoms. The molecule has 3 aromatic carbocycles. The summed E-state index contributed by atoms with van der Waals surface area (Å²) >= 11 is 0.762. The number of unbranched alkanes of at least 4 members (excludes halogenated alkanes) is 2. The number of rotatable bonds is 26. The summed E-state index contributed by atoms with van der Waals surface area (Å²) in [7, 11) is 3.89.